The first-order valence-corrected chi connectivity index (χ1v) is 7.32. The molecule has 6 nitrogen and oxygen atoms in total. The molecule has 0 unspecified atom stereocenters. The smallest absolute Gasteiger partial charge is 0.261 e. The average molecular weight is 324 g/mol. The highest BCUT2D eigenvalue weighted by atomic mass is 19.1. The second-order valence-corrected chi connectivity index (χ2v) is 5.38. The highest BCUT2D eigenvalue weighted by Gasteiger charge is 2.10. The maximum Gasteiger partial charge on any atom is 0.261 e. The minimum atomic E-state index is -0.507. The standard InChI is InChI=1S/C17H13FN4O2/c1-24-10-5-6-13-14(7-10)21-15(20-13)8-22-9-19-16-11(17(22)23)3-2-4-12(16)18/h2-7,9H,8H2,1H3,(H,20,21). The first-order valence-electron chi connectivity index (χ1n) is 7.32. The number of nitrogens with zero attached hydrogens (tertiary/aromatic N) is 3. The van der Waals surface area contributed by atoms with Crippen LogP contribution in [0.1, 0.15) is 5.82 Å². The Kier molecular flexibility index (Phi) is 3.26. The van der Waals surface area contributed by atoms with Crippen LogP contribution in [0.4, 0.5) is 4.39 Å². The first kappa shape index (κ1) is 14.4. The van der Waals surface area contributed by atoms with Gasteiger partial charge in [0.25, 0.3) is 5.56 Å². The van der Waals surface area contributed by atoms with Crippen LogP contribution in [0.15, 0.2) is 47.5 Å². The van der Waals surface area contributed by atoms with Gasteiger partial charge < -0.3 is 9.72 Å². The zero-order chi connectivity index (χ0) is 16.7. The summed E-state index contributed by atoms with van der Waals surface area (Å²) in [5.41, 5.74) is 1.36. The minimum absolute atomic E-state index is 0.0769. The highest BCUT2D eigenvalue weighted by Crippen LogP contribution is 2.19. The Morgan fingerprint density at radius 1 is 1.29 bits per heavy atom. The molecule has 4 aromatic rings. The summed E-state index contributed by atoms with van der Waals surface area (Å²) in [4.78, 5) is 24.1. The van der Waals surface area contributed by atoms with Crippen molar-refractivity contribution in [2.75, 3.05) is 7.11 Å². The van der Waals surface area contributed by atoms with Crippen molar-refractivity contribution < 1.29 is 9.13 Å². The third kappa shape index (κ3) is 2.30. The Hall–Kier alpha value is -3.22. The van der Waals surface area contributed by atoms with Crippen LogP contribution in [0.5, 0.6) is 5.75 Å². The lowest BCUT2D eigenvalue weighted by Crippen LogP contribution is -2.22. The number of benzene rings is 2. The molecule has 7 heteroatoms. The minimum Gasteiger partial charge on any atom is -0.497 e. The normalized spacial score (nSPS) is 11.2. The number of aromatic amines is 1. The molecule has 0 bridgehead atoms. The van der Waals surface area contributed by atoms with E-state index in [9.17, 15) is 9.18 Å². The fourth-order valence-electron chi connectivity index (χ4n) is 2.67. The van der Waals surface area contributed by atoms with Crippen molar-refractivity contribution in [3.05, 3.63) is 64.7 Å². The molecule has 0 fully saturated rings. The topological polar surface area (TPSA) is 72.8 Å². The van der Waals surface area contributed by atoms with Gasteiger partial charge in [0.15, 0.2) is 0 Å². The number of imidazole rings is 1. The van der Waals surface area contributed by atoms with Crippen molar-refractivity contribution in [3.63, 3.8) is 0 Å². The Morgan fingerprint density at radius 2 is 2.17 bits per heavy atom. The Bertz CT molecular complexity index is 1120. The second kappa shape index (κ2) is 5.45. The summed E-state index contributed by atoms with van der Waals surface area (Å²) >= 11 is 0. The number of nitrogens with one attached hydrogen (secondary N) is 1. The molecule has 0 amide bonds. The number of ether oxygens (including phenoxy) is 1. The maximum atomic E-state index is 13.7. The lowest BCUT2D eigenvalue weighted by Gasteiger charge is -2.05. The molecular formula is C17H13FN4O2. The van der Waals surface area contributed by atoms with Crippen LogP contribution in [0.25, 0.3) is 21.9 Å². The number of halogens is 1. The quantitative estimate of drug-likeness (QED) is 0.628. The number of para-hydroxylation sites is 1. The van der Waals surface area contributed by atoms with Gasteiger partial charge in [-0.15, -0.1) is 0 Å². The summed E-state index contributed by atoms with van der Waals surface area (Å²) in [7, 11) is 1.60. The van der Waals surface area contributed by atoms with Crippen LogP contribution in [0.3, 0.4) is 0 Å². The van der Waals surface area contributed by atoms with Crippen LogP contribution >= 0.6 is 0 Å². The molecule has 0 radical (unpaired) electrons. The zero-order valence-electron chi connectivity index (χ0n) is 12.8. The van der Waals surface area contributed by atoms with Crippen LogP contribution in [0, 0.1) is 5.82 Å². The SMILES string of the molecule is COc1ccc2nc(Cn3cnc4c(F)cccc4c3=O)[nH]c2c1. The molecule has 0 aliphatic rings. The van der Waals surface area contributed by atoms with E-state index in [1.165, 1.54) is 23.0 Å². The van der Waals surface area contributed by atoms with Gasteiger partial charge in [0.2, 0.25) is 0 Å². The highest BCUT2D eigenvalue weighted by molar-refractivity contribution is 5.78. The first-order chi connectivity index (χ1) is 11.7. The van der Waals surface area contributed by atoms with Crippen molar-refractivity contribution in [2.45, 2.75) is 6.54 Å². The molecule has 2 aromatic carbocycles. The van der Waals surface area contributed by atoms with E-state index in [1.807, 2.05) is 18.2 Å². The van der Waals surface area contributed by atoms with Crippen molar-refractivity contribution >= 4 is 21.9 Å². The fraction of sp³-hybridized carbons (Fsp3) is 0.118. The van der Waals surface area contributed by atoms with Crippen molar-refractivity contribution in [2.24, 2.45) is 0 Å². The van der Waals surface area contributed by atoms with Crippen LogP contribution < -0.4 is 10.3 Å². The molecule has 0 spiro atoms. The van der Waals surface area contributed by atoms with E-state index in [0.717, 1.165) is 16.8 Å². The predicted octanol–water partition coefficient (Wildman–Crippen LogP) is 2.47. The number of rotatable bonds is 3. The van der Waals surface area contributed by atoms with Gasteiger partial charge in [-0.1, -0.05) is 6.07 Å². The van der Waals surface area contributed by atoms with Gasteiger partial charge in [0.1, 0.15) is 22.9 Å². The van der Waals surface area contributed by atoms with E-state index < -0.39 is 5.82 Å². The Morgan fingerprint density at radius 3 is 3.00 bits per heavy atom. The summed E-state index contributed by atoms with van der Waals surface area (Å²) in [5.74, 6) is 0.822. The largest absolute Gasteiger partial charge is 0.497 e. The van der Waals surface area contributed by atoms with Crippen LogP contribution in [-0.4, -0.2) is 26.6 Å². The zero-order valence-corrected chi connectivity index (χ0v) is 12.8. The summed E-state index contributed by atoms with van der Waals surface area (Å²) in [6, 6.07) is 9.84. The molecule has 0 aliphatic heterocycles. The molecule has 1 N–H and O–H groups in total. The monoisotopic (exact) mass is 324 g/mol. The molecule has 120 valence electrons. The molecular weight excluding hydrogens is 311 g/mol. The number of hydrogen-bond donors (Lipinski definition) is 1. The van der Waals surface area contributed by atoms with E-state index in [1.54, 1.807) is 13.2 Å². The summed E-state index contributed by atoms with van der Waals surface area (Å²) in [6.07, 6.45) is 1.33. The van der Waals surface area contributed by atoms with Gasteiger partial charge in [-0.25, -0.2) is 14.4 Å². The lowest BCUT2D eigenvalue weighted by atomic mass is 10.2. The maximum absolute atomic E-state index is 13.7. The van der Waals surface area contributed by atoms with Crippen molar-refractivity contribution in [1.82, 2.24) is 19.5 Å². The van der Waals surface area contributed by atoms with Crippen molar-refractivity contribution in [1.29, 1.82) is 0 Å². The molecule has 4 rings (SSSR count). The van der Waals surface area contributed by atoms with Gasteiger partial charge in [0, 0.05) is 6.07 Å². The van der Waals surface area contributed by atoms with E-state index in [0.29, 0.717) is 5.82 Å². The summed E-state index contributed by atoms with van der Waals surface area (Å²) in [5, 5.41) is 0.246. The Labute approximate surface area is 135 Å². The molecule has 0 aliphatic carbocycles. The summed E-state index contributed by atoms with van der Waals surface area (Å²) < 4.78 is 20.3. The molecule has 24 heavy (non-hydrogen) atoms. The third-order valence-electron chi connectivity index (χ3n) is 3.86. The number of hydrogen-bond acceptors (Lipinski definition) is 4. The molecule has 0 saturated heterocycles. The molecule has 2 heterocycles. The number of aromatic nitrogens is 4. The second-order valence-electron chi connectivity index (χ2n) is 5.38. The van der Waals surface area contributed by atoms with E-state index >= 15 is 0 Å². The van der Waals surface area contributed by atoms with Crippen LogP contribution in [0.2, 0.25) is 0 Å². The average Bonchev–Trinajstić information content (AvgIpc) is 2.99. The van der Waals surface area contributed by atoms with Crippen LogP contribution in [-0.2, 0) is 6.54 Å². The van der Waals surface area contributed by atoms with Gasteiger partial charge in [-0.2, -0.15) is 0 Å². The van der Waals surface area contributed by atoms with E-state index in [-0.39, 0.29) is 23.0 Å². The van der Waals surface area contributed by atoms with E-state index in [4.69, 9.17) is 4.74 Å². The lowest BCUT2D eigenvalue weighted by molar-refractivity contribution is 0.415. The molecule has 0 saturated carbocycles. The van der Waals surface area contributed by atoms with Crippen molar-refractivity contribution in [3.8, 4) is 5.75 Å². The number of fused-ring (bicyclic) bond motifs is 2. The third-order valence-corrected chi connectivity index (χ3v) is 3.86. The predicted molar refractivity (Wildman–Crippen MR) is 87.7 cm³/mol. The number of methoxy groups -OCH3 is 1. The fourth-order valence-corrected chi connectivity index (χ4v) is 2.67. The van der Waals surface area contributed by atoms with Gasteiger partial charge in [0.05, 0.1) is 36.4 Å². The number of H-pyrrole nitrogens is 1. The van der Waals surface area contributed by atoms with Gasteiger partial charge in [-0.05, 0) is 24.3 Å². The van der Waals surface area contributed by atoms with Gasteiger partial charge in [-0.3, -0.25) is 9.36 Å². The van der Waals surface area contributed by atoms with E-state index in [2.05, 4.69) is 15.0 Å². The Balaban J connectivity index is 1.76. The summed E-state index contributed by atoms with van der Waals surface area (Å²) in [6.45, 7) is 0.218. The van der Waals surface area contributed by atoms with Gasteiger partial charge >= 0.3 is 0 Å². The molecule has 0 atom stereocenters. The molecule has 2 aromatic heterocycles.